The molecule has 0 aliphatic rings. The molecule has 0 aliphatic heterocycles. The van der Waals surface area contributed by atoms with Gasteiger partial charge in [-0.1, -0.05) is 32.0 Å². The fourth-order valence-corrected chi connectivity index (χ4v) is 1.52. The molecule has 0 fully saturated rings. The first-order valence-corrected chi connectivity index (χ1v) is 5.95. The van der Waals surface area contributed by atoms with Crippen LogP contribution in [0.25, 0.3) is 0 Å². The molecule has 0 bridgehead atoms. The number of nitrogens with one attached hydrogen (secondary N) is 1. The highest BCUT2D eigenvalue weighted by atomic mass is 16.5. The van der Waals surface area contributed by atoms with Gasteiger partial charge in [0.2, 0.25) is 5.89 Å². The summed E-state index contributed by atoms with van der Waals surface area (Å²) in [5, 5.41) is 6.97. The Balaban J connectivity index is 1.98. The van der Waals surface area contributed by atoms with Crippen LogP contribution in [-0.4, -0.2) is 15.1 Å². The SMILES string of the molecule is Cc1nc(CNc2ccc(C(C)(C)C)cn2)no1. The van der Waals surface area contributed by atoms with E-state index in [1.54, 1.807) is 6.92 Å². The third-order valence-corrected chi connectivity index (χ3v) is 2.63. The number of nitrogens with zero attached hydrogens (tertiary/aromatic N) is 3. The van der Waals surface area contributed by atoms with Gasteiger partial charge in [-0.05, 0) is 17.0 Å². The van der Waals surface area contributed by atoms with E-state index < -0.39 is 0 Å². The maximum Gasteiger partial charge on any atom is 0.223 e. The van der Waals surface area contributed by atoms with Crippen molar-refractivity contribution in [3.8, 4) is 0 Å². The van der Waals surface area contributed by atoms with Crippen molar-refractivity contribution in [2.24, 2.45) is 0 Å². The van der Waals surface area contributed by atoms with Crippen LogP contribution >= 0.6 is 0 Å². The molecule has 18 heavy (non-hydrogen) atoms. The van der Waals surface area contributed by atoms with Crippen LogP contribution in [0.4, 0.5) is 5.82 Å². The third-order valence-electron chi connectivity index (χ3n) is 2.63. The lowest BCUT2D eigenvalue weighted by molar-refractivity contribution is 0.388. The molecule has 0 unspecified atom stereocenters. The number of hydrogen-bond donors (Lipinski definition) is 1. The van der Waals surface area contributed by atoms with Crippen molar-refractivity contribution in [1.82, 2.24) is 15.1 Å². The zero-order valence-corrected chi connectivity index (χ0v) is 11.2. The lowest BCUT2D eigenvalue weighted by Crippen LogP contribution is -2.12. The molecule has 0 aliphatic carbocycles. The minimum atomic E-state index is 0.121. The predicted octanol–water partition coefficient (Wildman–Crippen LogP) is 2.68. The molecule has 0 atom stereocenters. The number of aryl methyl sites for hydroxylation is 1. The monoisotopic (exact) mass is 246 g/mol. The van der Waals surface area contributed by atoms with Gasteiger partial charge in [-0.25, -0.2) is 4.98 Å². The standard InChI is InChI=1S/C13H18N4O/c1-9-16-12(17-18-9)8-15-11-6-5-10(7-14-11)13(2,3)4/h5-7H,8H2,1-4H3,(H,14,15). The molecule has 5 heteroatoms. The Hall–Kier alpha value is -1.91. The molecule has 5 nitrogen and oxygen atoms in total. The van der Waals surface area contributed by atoms with E-state index in [0.717, 1.165) is 5.82 Å². The van der Waals surface area contributed by atoms with Gasteiger partial charge in [0.25, 0.3) is 0 Å². The van der Waals surface area contributed by atoms with E-state index in [1.807, 2.05) is 12.3 Å². The molecule has 0 saturated carbocycles. The molecule has 0 spiro atoms. The van der Waals surface area contributed by atoms with Gasteiger partial charge >= 0.3 is 0 Å². The Morgan fingerprint density at radius 3 is 2.56 bits per heavy atom. The summed E-state index contributed by atoms with van der Waals surface area (Å²) in [7, 11) is 0. The van der Waals surface area contributed by atoms with Gasteiger partial charge in [-0.15, -0.1) is 0 Å². The van der Waals surface area contributed by atoms with E-state index in [9.17, 15) is 0 Å². The van der Waals surface area contributed by atoms with Gasteiger partial charge in [-0.2, -0.15) is 4.98 Å². The molecule has 2 aromatic rings. The lowest BCUT2D eigenvalue weighted by atomic mass is 9.88. The van der Waals surface area contributed by atoms with Crippen LogP contribution < -0.4 is 5.32 Å². The van der Waals surface area contributed by atoms with Crippen LogP contribution in [0.2, 0.25) is 0 Å². The van der Waals surface area contributed by atoms with Crippen molar-refractivity contribution in [3.05, 3.63) is 35.6 Å². The maximum absolute atomic E-state index is 4.90. The maximum atomic E-state index is 4.90. The Morgan fingerprint density at radius 2 is 2.06 bits per heavy atom. The van der Waals surface area contributed by atoms with Gasteiger partial charge in [0, 0.05) is 13.1 Å². The van der Waals surface area contributed by atoms with E-state index in [-0.39, 0.29) is 5.41 Å². The van der Waals surface area contributed by atoms with Crippen molar-refractivity contribution in [3.63, 3.8) is 0 Å². The van der Waals surface area contributed by atoms with Crippen molar-refractivity contribution < 1.29 is 4.52 Å². The molecule has 0 aromatic carbocycles. The Morgan fingerprint density at radius 1 is 1.28 bits per heavy atom. The first-order chi connectivity index (χ1) is 8.45. The molecule has 2 rings (SSSR count). The first kappa shape index (κ1) is 12.5. The minimum absolute atomic E-state index is 0.121. The summed E-state index contributed by atoms with van der Waals surface area (Å²) in [6.07, 6.45) is 1.89. The van der Waals surface area contributed by atoms with Gasteiger partial charge in [-0.3, -0.25) is 0 Å². The number of anilines is 1. The minimum Gasteiger partial charge on any atom is -0.363 e. The van der Waals surface area contributed by atoms with Crippen molar-refractivity contribution >= 4 is 5.82 Å². The van der Waals surface area contributed by atoms with Crippen LogP contribution in [0.5, 0.6) is 0 Å². The third kappa shape index (κ3) is 3.06. The van der Waals surface area contributed by atoms with E-state index in [0.29, 0.717) is 18.3 Å². The summed E-state index contributed by atoms with van der Waals surface area (Å²) in [6, 6.07) is 4.05. The van der Waals surface area contributed by atoms with E-state index in [4.69, 9.17) is 4.52 Å². The second kappa shape index (κ2) is 4.76. The van der Waals surface area contributed by atoms with Crippen molar-refractivity contribution in [2.45, 2.75) is 39.7 Å². The fraction of sp³-hybridized carbons (Fsp3) is 0.462. The highest BCUT2D eigenvalue weighted by Gasteiger charge is 2.13. The average Bonchev–Trinajstić information content (AvgIpc) is 2.72. The van der Waals surface area contributed by atoms with E-state index >= 15 is 0 Å². The van der Waals surface area contributed by atoms with Gasteiger partial charge in [0.05, 0.1) is 6.54 Å². The molecular weight excluding hydrogens is 228 g/mol. The Bertz CT molecular complexity index is 511. The van der Waals surface area contributed by atoms with Gasteiger partial charge < -0.3 is 9.84 Å². The second-order valence-electron chi connectivity index (χ2n) is 5.27. The van der Waals surface area contributed by atoms with E-state index in [2.05, 4.69) is 47.3 Å². The molecule has 0 amide bonds. The van der Waals surface area contributed by atoms with Gasteiger partial charge in [0.1, 0.15) is 5.82 Å². The summed E-state index contributed by atoms with van der Waals surface area (Å²) in [4.78, 5) is 8.48. The normalized spacial score (nSPS) is 11.6. The number of pyridine rings is 1. The van der Waals surface area contributed by atoms with E-state index in [1.165, 1.54) is 5.56 Å². The molecule has 2 aromatic heterocycles. The number of rotatable bonds is 3. The lowest BCUT2D eigenvalue weighted by Gasteiger charge is -2.18. The molecule has 0 saturated heterocycles. The summed E-state index contributed by atoms with van der Waals surface area (Å²) >= 11 is 0. The molecule has 0 radical (unpaired) electrons. The topological polar surface area (TPSA) is 63.8 Å². The smallest absolute Gasteiger partial charge is 0.223 e. The largest absolute Gasteiger partial charge is 0.363 e. The molecule has 2 heterocycles. The second-order valence-corrected chi connectivity index (χ2v) is 5.27. The number of hydrogen-bond acceptors (Lipinski definition) is 5. The van der Waals surface area contributed by atoms with Gasteiger partial charge in [0.15, 0.2) is 5.82 Å². The summed E-state index contributed by atoms with van der Waals surface area (Å²) in [6.45, 7) is 8.78. The Kier molecular flexibility index (Phi) is 3.32. The average molecular weight is 246 g/mol. The Labute approximate surface area is 107 Å². The predicted molar refractivity (Wildman–Crippen MR) is 69.3 cm³/mol. The van der Waals surface area contributed by atoms with Crippen LogP contribution in [0.1, 0.15) is 38.0 Å². The van der Waals surface area contributed by atoms with Crippen LogP contribution in [0, 0.1) is 6.92 Å². The highest BCUT2D eigenvalue weighted by molar-refractivity contribution is 5.37. The zero-order valence-electron chi connectivity index (χ0n) is 11.2. The zero-order chi connectivity index (χ0) is 13.2. The fourth-order valence-electron chi connectivity index (χ4n) is 1.52. The van der Waals surface area contributed by atoms with Crippen molar-refractivity contribution in [2.75, 3.05) is 5.32 Å². The first-order valence-electron chi connectivity index (χ1n) is 5.95. The molecule has 1 N–H and O–H groups in total. The van der Waals surface area contributed by atoms with Crippen LogP contribution in [0.15, 0.2) is 22.9 Å². The number of aromatic nitrogens is 3. The summed E-state index contributed by atoms with van der Waals surface area (Å²) < 4.78 is 4.90. The van der Waals surface area contributed by atoms with Crippen LogP contribution in [0.3, 0.4) is 0 Å². The van der Waals surface area contributed by atoms with Crippen molar-refractivity contribution in [1.29, 1.82) is 0 Å². The summed E-state index contributed by atoms with van der Waals surface area (Å²) in [5.41, 5.74) is 1.33. The quantitative estimate of drug-likeness (QED) is 0.902. The highest BCUT2D eigenvalue weighted by Crippen LogP contribution is 2.21. The molecular formula is C13H18N4O. The van der Waals surface area contributed by atoms with Crippen LogP contribution in [-0.2, 0) is 12.0 Å². The molecule has 96 valence electrons. The summed E-state index contributed by atoms with van der Waals surface area (Å²) in [5.74, 6) is 2.02.